The molecule has 0 spiro atoms. The summed E-state index contributed by atoms with van der Waals surface area (Å²) in [6.07, 6.45) is 0.491. The number of anilines is 1. The smallest absolute Gasteiger partial charge is 0.228 e. The number of carbonyl (C=O) groups excluding carboxylic acids is 1. The third-order valence-corrected chi connectivity index (χ3v) is 5.72. The zero-order valence-corrected chi connectivity index (χ0v) is 19.5. The van der Waals surface area contributed by atoms with Gasteiger partial charge in [0.05, 0.1) is 6.42 Å². The molecule has 0 radical (unpaired) electrons. The molecule has 4 rings (SSSR count). The van der Waals surface area contributed by atoms with Gasteiger partial charge in [-0.3, -0.25) is 4.79 Å². The van der Waals surface area contributed by atoms with Crippen molar-refractivity contribution in [1.29, 1.82) is 0 Å². The third-order valence-electron chi connectivity index (χ3n) is 5.72. The van der Waals surface area contributed by atoms with E-state index in [0.29, 0.717) is 25.3 Å². The van der Waals surface area contributed by atoms with Crippen LogP contribution in [0.1, 0.15) is 11.1 Å². The molecule has 0 saturated heterocycles. The van der Waals surface area contributed by atoms with Crippen LogP contribution in [0.3, 0.4) is 0 Å². The first-order valence-corrected chi connectivity index (χ1v) is 11.7. The molecule has 6 nitrogen and oxygen atoms in total. The number of phenols is 1. The largest absolute Gasteiger partial charge is 0.508 e. The monoisotopic (exact) mass is 470 g/mol. The molecule has 180 valence electrons. The van der Waals surface area contributed by atoms with E-state index in [1.807, 2.05) is 54.6 Å². The van der Waals surface area contributed by atoms with E-state index in [9.17, 15) is 15.0 Å². The van der Waals surface area contributed by atoms with Crippen molar-refractivity contribution < 1.29 is 19.7 Å². The molecule has 0 aliphatic rings. The predicted molar refractivity (Wildman–Crippen MR) is 139 cm³/mol. The lowest BCUT2D eigenvalue weighted by Crippen LogP contribution is -2.32. The Kier molecular flexibility index (Phi) is 8.33. The quantitative estimate of drug-likeness (QED) is 0.246. The summed E-state index contributed by atoms with van der Waals surface area (Å²) in [5.74, 6) is 0.737. The second-order valence-corrected chi connectivity index (χ2v) is 8.47. The number of phenolic OH excluding ortho intramolecular Hbond substituents is 1. The Morgan fingerprint density at radius 1 is 0.886 bits per heavy atom. The summed E-state index contributed by atoms with van der Waals surface area (Å²) in [5.41, 5.74) is 2.92. The van der Waals surface area contributed by atoms with E-state index < -0.39 is 6.10 Å². The lowest BCUT2D eigenvalue weighted by atomic mass is 10.0. The number of nitrogens with one attached hydrogen (secondary N) is 2. The fourth-order valence-electron chi connectivity index (χ4n) is 3.87. The molecule has 4 aromatic carbocycles. The van der Waals surface area contributed by atoms with Gasteiger partial charge in [-0.1, -0.05) is 54.6 Å². The molecule has 35 heavy (non-hydrogen) atoms. The molecule has 0 saturated carbocycles. The maximum atomic E-state index is 12.6. The summed E-state index contributed by atoms with van der Waals surface area (Å²) >= 11 is 0. The van der Waals surface area contributed by atoms with Crippen molar-refractivity contribution in [3.63, 3.8) is 0 Å². The Morgan fingerprint density at radius 3 is 2.43 bits per heavy atom. The van der Waals surface area contributed by atoms with Gasteiger partial charge in [-0.15, -0.1) is 0 Å². The Labute approximate surface area is 205 Å². The number of fused-ring (bicyclic) bond motifs is 1. The van der Waals surface area contributed by atoms with Gasteiger partial charge < -0.3 is 25.6 Å². The number of benzene rings is 4. The van der Waals surface area contributed by atoms with E-state index in [-0.39, 0.29) is 18.3 Å². The summed E-state index contributed by atoms with van der Waals surface area (Å²) in [4.78, 5) is 12.6. The van der Waals surface area contributed by atoms with Gasteiger partial charge in [-0.05, 0) is 71.3 Å². The number of carbonyl (C=O) groups is 1. The molecule has 0 bridgehead atoms. The Hall–Kier alpha value is -3.87. The molecule has 4 N–H and O–H groups in total. The van der Waals surface area contributed by atoms with Gasteiger partial charge in [-0.25, -0.2) is 0 Å². The van der Waals surface area contributed by atoms with E-state index in [2.05, 4.69) is 22.8 Å². The number of ether oxygens (including phenoxy) is 1. The second kappa shape index (κ2) is 12.0. The van der Waals surface area contributed by atoms with Crippen LogP contribution in [0.2, 0.25) is 0 Å². The molecule has 0 unspecified atom stereocenters. The molecule has 0 fully saturated rings. The van der Waals surface area contributed by atoms with E-state index >= 15 is 0 Å². The van der Waals surface area contributed by atoms with Crippen LogP contribution in [0.15, 0.2) is 91.0 Å². The highest BCUT2D eigenvalue weighted by Crippen LogP contribution is 2.20. The van der Waals surface area contributed by atoms with Crippen molar-refractivity contribution in [2.45, 2.75) is 18.9 Å². The average Bonchev–Trinajstić information content (AvgIpc) is 2.87. The highest BCUT2D eigenvalue weighted by Gasteiger charge is 2.08. The van der Waals surface area contributed by atoms with E-state index in [0.717, 1.165) is 34.0 Å². The number of hydrogen-bond acceptors (Lipinski definition) is 5. The normalized spacial score (nSPS) is 11.8. The van der Waals surface area contributed by atoms with Crippen LogP contribution in [-0.2, 0) is 17.6 Å². The summed E-state index contributed by atoms with van der Waals surface area (Å²) in [6, 6.07) is 28.3. The molecule has 0 aliphatic carbocycles. The molecule has 1 amide bonds. The molecule has 0 heterocycles. The van der Waals surface area contributed by atoms with Crippen molar-refractivity contribution >= 4 is 22.4 Å². The Morgan fingerprint density at radius 2 is 1.63 bits per heavy atom. The van der Waals surface area contributed by atoms with Crippen molar-refractivity contribution in [2.75, 3.05) is 25.0 Å². The van der Waals surface area contributed by atoms with E-state index in [4.69, 9.17) is 4.74 Å². The van der Waals surface area contributed by atoms with Crippen molar-refractivity contribution in [1.82, 2.24) is 5.32 Å². The minimum absolute atomic E-state index is 0.0423. The van der Waals surface area contributed by atoms with Crippen LogP contribution in [0.5, 0.6) is 11.5 Å². The Balaban J connectivity index is 1.17. The first-order valence-electron chi connectivity index (χ1n) is 11.7. The van der Waals surface area contributed by atoms with Gasteiger partial charge >= 0.3 is 0 Å². The fraction of sp³-hybridized carbons (Fsp3) is 0.207. The van der Waals surface area contributed by atoms with Crippen LogP contribution in [0.25, 0.3) is 10.8 Å². The van der Waals surface area contributed by atoms with Crippen molar-refractivity contribution in [3.8, 4) is 11.5 Å². The van der Waals surface area contributed by atoms with Gasteiger partial charge in [0.2, 0.25) is 5.91 Å². The number of aromatic hydroxyl groups is 1. The number of hydrogen-bond donors (Lipinski definition) is 4. The summed E-state index contributed by atoms with van der Waals surface area (Å²) in [5, 5.41) is 27.8. The third kappa shape index (κ3) is 7.30. The number of rotatable bonds is 11. The lowest BCUT2D eigenvalue weighted by molar-refractivity contribution is -0.115. The van der Waals surface area contributed by atoms with Gasteiger partial charge in [0.15, 0.2) is 0 Å². The highest BCUT2D eigenvalue weighted by atomic mass is 16.5. The SMILES string of the molecule is O=C(Cc1cccc2ccccc12)Nc1ccc(CCNC[C@H](O)COc2ccc(O)cc2)cc1. The average molecular weight is 471 g/mol. The Bertz CT molecular complexity index is 1230. The predicted octanol–water partition coefficient (Wildman–Crippen LogP) is 4.30. The lowest BCUT2D eigenvalue weighted by Gasteiger charge is -2.13. The first-order chi connectivity index (χ1) is 17.1. The standard InChI is InChI=1S/C29H30N2O4/c32-25-12-14-27(15-13-25)35-20-26(33)19-30-17-16-21-8-10-24(11-9-21)31-29(34)18-23-6-3-5-22-4-1-2-7-28(22)23/h1-15,26,30,32-33H,16-20H2,(H,31,34)/t26-/m0/s1. The summed E-state index contributed by atoms with van der Waals surface area (Å²) in [7, 11) is 0. The maximum absolute atomic E-state index is 12.6. The fourth-order valence-corrected chi connectivity index (χ4v) is 3.87. The minimum atomic E-state index is -0.636. The number of aliphatic hydroxyl groups excluding tert-OH is 1. The van der Waals surface area contributed by atoms with E-state index in [1.54, 1.807) is 24.3 Å². The minimum Gasteiger partial charge on any atom is -0.508 e. The van der Waals surface area contributed by atoms with Crippen molar-refractivity contribution in [3.05, 3.63) is 102 Å². The summed E-state index contributed by atoms with van der Waals surface area (Å²) < 4.78 is 5.51. The molecule has 6 heteroatoms. The van der Waals surface area contributed by atoms with Gasteiger partial charge in [-0.2, -0.15) is 0 Å². The van der Waals surface area contributed by atoms with Crippen LogP contribution >= 0.6 is 0 Å². The molecule has 0 aliphatic heterocycles. The molecular weight excluding hydrogens is 440 g/mol. The number of amides is 1. The molecule has 4 aromatic rings. The van der Waals surface area contributed by atoms with Crippen LogP contribution < -0.4 is 15.4 Å². The molecule has 0 aromatic heterocycles. The van der Waals surface area contributed by atoms with Crippen LogP contribution in [-0.4, -0.2) is 41.9 Å². The van der Waals surface area contributed by atoms with Crippen LogP contribution in [0.4, 0.5) is 5.69 Å². The summed E-state index contributed by atoms with van der Waals surface area (Å²) in [6.45, 7) is 1.30. The highest BCUT2D eigenvalue weighted by molar-refractivity contribution is 5.96. The number of aliphatic hydroxyl groups is 1. The zero-order valence-electron chi connectivity index (χ0n) is 19.5. The molecule has 1 atom stereocenters. The van der Waals surface area contributed by atoms with Gasteiger partial charge in [0.1, 0.15) is 24.2 Å². The molecular formula is C29H30N2O4. The first kappa shape index (κ1) is 24.3. The van der Waals surface area contributed by atoms with Crippen molar-refractivity contribution in [2.24, 2.45) is 0 Å². The maximum Gasteiger partial charge on any atom is 0.228 e. The van der Waals surface area contributed by atoms with Gasteiger partial charge in [0.25, 0.3) is 0 Å². The van der Waals surface area contributed by atoms with E-state index in [1.165, 1.54) is 0 Å². The topological polar surface area (TPSA) is 90.8 Å². The zero-order chi connectivity index (χ0) is 24.5. The van der Waals surface area contributed by atoms with Gasteiger partial charge in [0, 0.05) is 12.2 Å². The second-order valence-electron chi connectivity index (χ2n) is 8.47. The van der Waals surface area contributed by atoms with Crippen LogP contribution in [0, 0.1) is 0 Å².